The van der Waals surface area contributed by atoms with Gasteiger partial charge in [0.2, 0.25) is 0 Å². The molecule has 0 spiro atoms. The SMILES string of the molecule is CCC(CC)(CCO)CNC(=O)c1cn(-c2ccccc2)nn1. The zero-order valence-corrected chi connectivity index (χ0v) is 13.7. The second-order valence-electron chi connectivity index (χ2n) is 5.75. The summed E-state index contributed by atoms with van der Waals surface area (Å²) in [6.45, 7) is 4.81. The van der Waals surface area contributed by atoms with Crippen molar-refractivity contribution in [2.75, 3.05) is 13.2 Å². The number of para-hydroxylation sites is 1. The minimum Gasteiger partial charge on any atom is -0.396 e. The van der Waals surface area contributed by atoms with Gasteiger partial charge in [0.25, 0.3) is 5.91 Å². The first-order chi connectivity index (χ1) is 11.1. The number of aliphatic hydroxyl groups excluding tert-OH is 1. The number of amides is 1. The average molecular weight is 316 g/mol. The number of rotatable bonds is 8. The monoisotopic (exact) mass is 316 g/mol. The highest BCUT2D eigenvalue weighted by molar-refractivity contribution is 5.91. The van der Waals surface area contributed by atoms with Crippen LogP contribution in [0, 0.1) is 5.41 Å². The van der Waals surface area contributed by atoms with E-state index in [1.807, 2.05) is 30.3 Å². The number of benzene rings is 1. The highest BCUT2D eigenvalue weighted by Crippen LogP contribution is 2.29. The Labute approximate surface area is 136 Å². The molecule has 1 amide bonds. The Morgan fingerprint density at radius 1 is 1.26 bits per heavy atom. The molecule has 6 nitrogen and oxygen atoms in total. The molecule has 6 heteroatoms. The zero-order chi connectivity index (χ0) is 16.7. The number of hydrogen-bond acceptors (Lipinski definition) is 4. The molecule has 1 aromatic carbocycles. The number of nitrogens with one attached hydrogen (secondary N) is 1. The van der Waals surface area contributed by atoms with E-state index in [-0.39, 0.29) is 17.9 Å². The molecule has 0 saturated heterocycles. The lowest BCUT2D eigenvalue weighted by Gasteiger charge is -2.31. The van der Waals surface area contributed by atoms with Crippen LogP contribution in [0.5, 0.6) is 0 Å². The van der Waals surface area contributed by atoms with Crippen LogP contribution in [-0.4, -0.2) is 39.2 Å². The van der Waals surface area contributed by atoms with Gasteiger partial charge in [0.05, 0.1) is 11.9 Å². The smallest absolute Gasteiger partial charge is 0.273 e. The van der Waals surface area contributed by atoms with Gasteiger partial charge in [0, 0.05) is 13.2 Å². The Bertz CT molecular complexity index is 621. The predicted molar refractivity (Wildman–Crippen MR) is 88.4 cm³/mol. The minimum absolute atomic E-state index is 0.0696. The Morgan fingerprint density at radius 3 is 2.57 bits per heavy atom. The van der Waals surface area contributed by atoms with Gasteiger partial charge in [0.15, 0.2) is 5.69 Å². The fourth-order valence-electron chi connectivity index (χ4n) is 2.61. The summed E-state index contributed by atoms with van der Waals surface area (Å²) in [5.74, 6) is -0.239. The lowest BCUT2D eigenvalue weighted by atomic mass is 9.79. The molecule has 0 aliphatic rings. The Kier molecular flexibility index (Phi) is 5.87. The van der Waals surface area contributed by atoms with Gasteiger partial charge >= 0.3 is 0 Å². The van der Waals surface area contributed by atoms with Crippen molar-refractivity contribution in [2.45, 2.75) is 33.1 Å². The fraction of sp³-hybridized carbons (Fsp3) is 0.471. The summed E-state index contributed by atoms with van der Waals surface area (Å²) >= 11 is 0. The van der Waals surface area contributed by atoms with Crippen LogP contribution in [-0.2, 0) is 0 Å². The molecule has 2 rings (SSSR count). The van der Waals surface area contributed by atoms with Crippen molar-refractivity contribution in [3.8, 4) is 5.69 Å². The summed E-state index contributed by atoms with van der Waals surface area (Å²) in [5.41, 5.74) is 1.08. The highest BCUT2D eigenvalue weighted by atomic mass is 16.3. The van der Waals surface area contributed by atoms with Crippen molar-refractivity contribution in [3.63, 3.8) is 0 Å². The number of hydrogen-bond donors (Lipinski definition) is 2. The van der Waals surface area contributed by atoms with Crippen LogP contribution in [0.25, 0.3) is 5.69 Å². The lowest BCUT2D eigenvalue weighted by Crippen LogP contribution is -2.37. The van der Waals surface area contributed by atoms with Gasteiger partial charge < -0.3 is 10.4 Å². The van der Waals surface area contributed by atoms with Gasteiger partial charge in [-0.15, -0.1) is 5.10 Å². The van der Waals surface area contributed by atoms with Crippen LogP contribution in [0.2, 0.25) is 0 Å². The maximum absolute atomic E-state index is 12.3. The Morgan fingerprint density at radius 2 is 1.96 bits per heavy atom. The summed E-state index contributed by atoms with van der Waals surface area (Å²) in [5, 5.41) is 20.1. The maximum Gasteiger partial charge on any atom is 0.273 e. The van der Waals surface area contributed by atoms with Gasteiger partial charge in [0.1, 0.15) is 0 Å². The van der Waals surface area contributed by atoms with Crippen molar-refractivity contribution >= 4 is 5.91 Å². The first-order valence-corrected chi connectivity index (χ1v) is 8.01. The third-order valence-corrected chi connectivity index (χ3v) is 4.51. The molecule has 0 unspecified atom stereocenters. The van der Waals surface area contributed by atoms with E-state index in [0.717, 1.165) is 18.5 Å². The Hall–Kier alpha value is -2.21. The molecule has 23 heavy (non-hydrogen) atoms. The number of aliphatic hydroxyl groups is 1. The predicted octanol–water partition coefficient (Wildman–Crippen LogP) is 2.19. The van der Waals surface area contributed by atoms with Gasteiger partial charge in [-0.3, -0.25) is 4.79 Å². The summed E-state index contributed by atoms with van der Waals surface area (Å²) in [6, 6.07) is 9.53. The van der Waals surface area contributed by atoms with Crippen LogP contribution in [0.3, 0.4) is 0 Å². The molecule has 0 radical (unpaired) electrons. The average Bonchev–Trinajstić information content (AvgIpc) is 3.09. The summed E-state index contributed by atoms with van der Waals surface area (Å²) in [7, 11) is 0. The second kappa shape index (κ2) is 7.87. The van der Waals surface area contributed by atoms with Crippen LogP contribution < -0.4 is 5.32 Å². The molecule has 1 aromatic heterocycles. The molecular formula is C17H24N4O2. The molecule has 124 valence electrons. The van der Waals surface area contributed by atoms with E-state index in [9.17, 15) is 9.90 Å². The van der Waals surface area contributed by atoms with E-state index in [0.29, 0.717) is 18.7 Å². The molecule has 0 saturated carbocycles. The van der Waals surface area contributed by atoms with E-state index in [1.165, 1.54) is 0 Å². The molecule has 0 bridgehead atoms. The van der Waals surface area contributed by atoms with Crippen LogP contribution in [0.1, 0.15) is 43.6 Å². The minimum atomic E-state index is -0.239. The largest absolute Gasteiger partial charge is 0.396 e. The van der Waals surface area contributed by atoms with Crippen LogP contribution in [0.4, 0.5) is 0 Å². The van der Waals surface area contributed by atoms with E-state index in [4.69, 9.17) is 0 Å². The molecule has 0 fully saturated rings. The van der Waals surface area contributed by atoms with E-state index in [1.54, 1.807) is 10.9 Å². The van der Waals surface area contributed by atoms with Crippen molar-refractivity contribution in [3.05, 3.63) is 42.2 Å². The van der Waals surface area contributed by atoms with E-state index in [2.05, 4.69) is 29.5 Å². The number of aromatic nitrogens is 3. The second-order valence-corrected chi connectivity index (χ2v) is 5.75. The molecule has 1 heterocycles. The molecule has 0 aliphatic heterocycles. The first kappa shape index (κ1) is 17.1. The molecule has 0 atom stereocenters. The van der Waals surface area contributed by atoms with Crippen LogP contribution >= 0.6 is 0 Å². The number of carbonyl (C=O) groups excluding carboxylic acids is 1. The third kappa shape index (κ3) is 4.16. The summed E-state index contributed by atoms with van der Waals surface area (Å²) in [6.07, 6.45) is 4.11. The Balaban J connectivity index is 2.03. The molecule has 2 N–H and O–H groups in total. The van der Waals surface area contributed by atoms with Crippen molar-refractivity contribution < 1.29 is 9.90 Å². The highest BCUT2D eigenvalue weighted by Gasteiger charge is 2.26. The topological polar surface area (TPSA) is 80.0 Å². The summed E-state index contributed by atoms with van der Waals surface area (Å²) in [4.78, 5) is 12.3. The van der Waals surface area contributed by atoms with Crippen molar-refractivity contribution in [1.82, 2.24) is 20.3 Å². The van der Waals surface area contributed by atoms with Gasteiger partial charge in [-0.1, -0.05) is 37.3 Å². The number of carbonyl (C=O) groups is 1. The quantitative estimate of drug-likeness (QED) is 0.782. The standard InChI is InChI=1S/C17H24N4O2/c1-3-17(4-2,10-11-22)13-18-16(23)15-12-21(20-19-15)14-8-6-5-7-9-14/h5-9,12,22H,3-4,10-11,13H2,1-2H3,(H,18,23). The zero-order valence-electron chi connectivity index (χ0n) is 13.7. The maximum atomic E-state index is 12.3. The molecule has 2 aromatic rings. The van der Waals surface area contributed by atoms with Crippen molar-refractivity contribution in [2.24, 2.45) is 5.41 Å². The van der Waals surface area contributed by atoms with E-state index < -0.39 is 0 Å². The van der Waals surface area contributed by atoms with Crippen molar-refractivity contribution in [1.29, 1.82) is 0 Å². The lowest BCUT2D eigenvalue weighted by molar-refractivity contribution is 0.0902. The third-order valence-electron chi connectivity index (χ3n) is 4.51. The van der Waals surface area contributed by atoms with Gasteiger partial charge in [-0.2, -0.15) is 0 Å². The molecular weight excluding hydrogens is 292 g/mol. The fourth-order valence-corrected chi connectivity index (χ4v) is 2.61. The molecule has 0 aliphatic carbocycles. The van der Waals surface area contributed by atoms with Crippen LogP contribution in [0.15, 0.2) is 36.5 Å². The normalized spacial score (nSPS) is 11.4. The first-order valence-electron chi connectivity index (χ1n) is 8.01. The van der Waals surface area contributed by atoms with Gasteiger partial charge in [-0.05, 0) is 36.8 Å². The number of nitrogens with zero attached hydrogens (tertiary/aromatic N) is 3. The van der Waals surface area contributed by atoms with E-state index >= 15 is 0 Å². The summed E-state index contributed by atoms with van der Waals surface area (Å²) < 4.78 is 1.58. The van der Waals surface area contributed by atoms with Gasteiger partial charge in [-0.25, -0.2) is 4.68 Å².